The molecule has 0 aromatic carbocycles. The molecule has 2 aliphatic rings. The second-order valence-corrected chi connectivity index (χ2v) is 6.13. The lowest BCUT2D eigenvalue weighted by Crippen LogP contribution is -2.42. The van der Waals surface area contributed by atoms with Crippen molar-refractivity contribution in [2.75, 3.05) is 0 Å². The quantitative estimate of drug-likeness (QED) is 0.811. The molecular weight excluding hydrogens is 210 g/mol. The van der Waals surface area contributed by atoms with Crippen LogP contribution in [-0.2, 0) is 0 Å². The van der Waals surface area contributed by atoms with Crippen LogP contribution in [0, 0.1) is 28.6 Å². The van der Waals surface area contributed by atoms with Gasteiger partial charge in [0.25, 0.3) is 0 Å². The first-order valence-electron chi connectivity index (χ1n) is 7.31. The van der Waals surface area contributed by atoms with E-state index in [2.05, 4.69) is 13.0 Å². The molecule has 2 aliphatic carbocycles. The summed E-state index contributed by atoms with van der Waals surface area (Å²) in [6.07, 6.45) is 9.72. The number of nitrogens with zero attached hydrogens (tertiary/aromatic N) is 1. The molecule has 0 heterocycles. The molecule has 0 aromatic heterocycles. The fraction of sp³-hybridized carbons (Fsp3) is 0.933. The van der Waals surface area contributed by atoms with E-state index in [1.807, 2.05) is 0 Å². The van der Waals surface area contributed by atoms with Crippen LogP contribution >= 0.6 is 0 Å². The number of nitriles is 1. The highest BCUT2D eigenvalue weighted by Gasteiger charge is 2.45. The molecule has 2 saturated carbocycles. The van der Waals surface area contributed by atoms with Gasteiger partial charge in [-0.15, -0.1) is 0 Å². The van der Waals surface area contributed by atoms with E-state index in [-0.39, 0.29) is 6.10 Å². The van der Waals surface area contributed by atoms with E-state index in [9.17, 15) is 10.4 Å². The maximum absolute atomic E-state index is 10.6. The molecule has 17 heavy (non-hydrogen) atoms. The molecule has 3 atom stereocenters. The Morgan fingerprint density at radius 1 is 1.29 bits per heavy atom. The summed E-state index contributed by atoms with van der Waals surface area (Å²) in [5, 5.41) is 20.2. The van der Waals surface area contributed by atoms with Crippen molar-refractivity contribution in [2.24, 2.45) is 17.3 Å². The molecule has 1 N–H and O–H groups in total. The van der Waals surface area contributed by atoms with E-state index in [0.29, 0.717) is 11.8 Å². The number of rotatable bonds is 3. The third-order valence-electron chi connectivity index (χ3n) is 5.10. The fourth-order valence-corrected chi connectivity index (χ4v) is 3.93. The first-order valence-corrected chi connectivity index (χ1v) is 7.31. The molecule has 0 aromatic rings. The summed E-state index contributed by atoms with van der Waals surface area (Å²) in [5.74, 6) is 1.05. The SMILES string of the molecule is CCC1CCCC(C#N)(C(O)C2CCCC2)C1. The van der Waals surface area contributed by atoms with Crippen molar-refractivity contribution in [2.45, 2.75) is 70.8 Å². The van der Waals surface area contributed by atoms with Crippen LogP contribution in [0.1, 0.15) is 64.7 Å². The number of aliphatic hydroxyl groups excluding tert-OH is 1. The zero-order valence-electron chi connectivity index (χ0n) is 11.0. The van der Waals surface area contributed by atoms with Crippen LogP contribution in [0.5, 0.6) is 0 Å². The Bertz CT molecular complexity index is 290. The zero-order valence-corrected chi connectivity index (χ0v) is 11.0. The smallest absolute Gasteiger partial charge is 0.0837 e. The highest BCUT2D eigenvalue weighted by Crippen LogP contribution is 2.47. The van der Waals surface area contributed by atoms with Gasteiger partial charge in [0, 0.05) is 0 Å². The van der Waals surface area contributed by atoms with Gasteiger partial charge >= 0.3 is 0 Å². The summed E-state index contributed by atoms with van der Waals surface area (Å²) in [5.41, 5.74) is -0.423. The van der Waals surface area contributed by atoms with Crippen molar-refractivity contribution in [3.05, 3.63) is 0 Å². The molecule has 2 nitrogen and oxygen atoms in total. The molecule has 3 unspecified atom stereocenters. The van der Waals surface area contributed by atoms with Crippen LogP contribution in [0.15, 0.2) is 0 Å². The fourth-order valence-electron chi connectivity index (χ4n) is 3.93. The van der Waals surface area contributed by atoms with Gasteiger partial charge in [0.15, 0.2) is 0 Å². The molecule has 96 valence electrons. The van der Waals surface area contributed by atoms with Crippen molar-refractivity contribution < 1.29 is 5.11 Å². The van der Waals surface area contributed by atoms with Gasteiger partial charge in [-0.3, -0.25) is 0 Å². The lowest BCUT2D eigenvalue weighted by Gasteiger charge is -2.41. The second kappa shape index (κ2) is 5.40. The summed E-state index contributed by atoms with van der Waals surface area (Å²) in [4.78, 5) is 0. The lowest BCUT2D eigenvalue weighted by molar-refractivity contribution is -0.0183. The highest BCUT2D eigenvalue weighted by atomic mass is 16.3. The first-order chi connectivity index (χ1) is 8.22. The third-order valence-corrected chi connectivity index (χ3v) is 5.10. The topological polar surface area (TPSA) is 44.0 Å². The molecule has 0 radical (unpaired) electrons. The predicted molar refractivity (Wildman–Crippen MR) is 68.3 cm³/mol. The van der Waals surface area contributed by atoms with Gasteiger partial charge in [0.05, 0.1) is 17.6 Å². The van der Waals surface area contributed by atoms with Crippen LogP contribution in [0.4, 0.5) is 0 Å². The Morgan fingerprint density at radius 2 is 2.00 bits per heavy atom. The van der Waals surface area contributed by atoms with Gasteiger partial charge in [-0.05, 0) is 37.5 Å². The number of aliphatic hydroxyl groups is 1. The van der Waals surface area contributed by atoms with Gasteiger partial charge in [-0.1, -0.05) is 39.0 Å². The Labute approximate surface area is 105 Å². The standard InChI is InChI=1S/C15H25NO/c1-2-12-6-5-9-15(10-12,11-16)14(17)13-7-3-4-8-13/h12-14,17H,2-10H2,1H3. The molecule has 2 fully saturated rings. The molecule has 0 saturated heterocycles. The Balaban J connectivity index is 2.09. The highest BCUT2D eigenvalue weighted by molar-refractivity contribution is 5.08. The molecular formula is C15H25NO. The van der Waals surface area contributed by atoms with Crippen molar-refractivity contribution >= 4 is 0 Å². The maximum atomic E-state index is 10.6. The van der Waals surface area contributed by atoms with Crippen molar-refractivity contribution in [1.29, 1.82) is 5.26 Å². The number of hydrogen-bond donors (Lipinski definition) is 1. The van der Waals surface area contributed by atoms with Crippen LogP contribution in [0.2, 0.25) is 0 Å². The average molecular weight is 235 g/mol. The monoisotopic (exact) mass is 235 g/mol. The first kappa shape index (κ1) is 12.9. The molecule has 0 spiro atoms. The minimum absolute atomic E-state index is 0.371. The van der Waals surface area contributed by atoms with Gasteiger partial charge in [0.2, 0.25) is 0 Å². The largest absolute Gasteiger partial charge is 0.391 e. The third kappa shape index (κ3) is 2.50. The summed E-state index contributed by atoms with van der Waals surface area (Å²) in [7, 11) is 0. The Kier molecular flexibility index (Phi) is 4.09. The normalized spacial score (nSPS) is 36.6. The summed E-state index contributed by atoms with van der Waals surface area (Å²) >= 11 is 0. The van der Waals surface area contributed by atoms with Crippen molar-refractivity contribution in [3.8, 4) is 6.07 Å². The maximum Gasteiger partial charge on any atom is 0.0837 e. The van der Waals surface area contributed by atoms with E-state index in [4.69, 9.17) is 0 Å². The zero-order chi connectivity index (χ0) is 12.3. The van der Waals surface area contributed by atoms with Gasteiger partial charge in [0.1, 0.15) is 0 Å². The summed E-state index contributed by atoms with van der Waals surface area (Å²) in [6.45, 7) is 2.21. The average Bonchev–Trinajstić information content (AvgIpc) is 2.91. The predicted octanol–water partition coefficient (Wildman–Crippen LogP) is 3.65. The van der Waals surface area contributed by atoms with Gasteiger partial charge in [-0.25, -0.2) is 0 Å². The van der Waals surface area contributed by atoms with Crippen LogP contribution in [0.3, 0.4) is 0 Å². The number of hydrogen-bond acceptors (Lipinski definition) is 2. The lowest BCUT2D eigenvalue weighted by atomic mass is 9.64. The van der Waals surface area contributed by atoms with E-state index >= 15 is 0 Å². The molecule has 0 amide bonds. The molecule has 0 bridgehead atoms. The Morgan fingerprint density at radius 3 is 2.59 bits per heavy atom. The summed E-state index contributed by atoms with van der Waals surface area (Å²) < 4.78 is 0. The van der Waals surface area contributed by atoms with Crippen LogP contribution in [0.25, 0.3) is 0 Å². The van der Waals surface area contributed by atoms with Crippen LogP contribution in [-0.4, -0.2) is 11.2 Å². The molecule has 0 aliphatic heterocycles. The van der Waals surface area contributed by atoms with Gasteiger partial charge in [-0.2, -0.15) is 5.26 Å². The van der Waals surface area contributed by atoms with E-state index in [1.54, 1.807) is 0 Å². The van der Waals surface area contributed by atoms with E-state index < -0.39 is 5.41 Å². The summed E-state index contributed by atoms with van der Waals surface area (Å²) in [6, 6.07) is 2.51. The van der Waals surface area contributed by atoms with Crippen molar-refractivity contribution in [3.63, 3.8) is 0 Å². The second-order valence-electron chi connectivity index (χ2n) is 6.13. The minimum atomic E-state index is -0.423. The van der Waals surface area contributed by atoms with E-state index in [1.165, 1.54) is 19.3 Å². The molecule has 2 rings (SSSR count). The Hall–Kier alpha value is -0.550. The van der Waals surface area contributed by atoms with Crippen molar-refractivity contribution in [1.82, 2.24) is 0 Å². The van der Waals surface area contributed by atoms with Gasteiger partial charge < -0.3 is 5.11 Å². The minimum Gasteiger partial charge on any atom is -0.391 e. The molecule has 2 heteroatoms. The van der Waals surface area contributed by atoms with Crippen LogP contribution < -0.4 is 0 Å². The van der Waals surface area contributed by atoms with E-state index in [0.717, 1.165) is 38.5 Å².